The zero-order valence-corrected chi connectivity index (χ0v) is 23.1. The van der Waals surface area contributed by atoms with Crippen LogP contribution in [0.15, 0.2) is 72.8 Å². The van der Waals surface area contributed by atoms with Crippen molar-refractivity contribution in [3.8, 4) is 11.5 Å². The van der Waals surface area contributed by atoms with E-state index in [1.54, 1.807) is 0 Å². The fraction of sp³-hybridized carbons (Fsp3) is 0.438. The van der Waals surface area contributed by atoms with Crippen LogP contribution in [0.25, 0.3) is 0 Å². The van der Waals surface area contributed by atoms with Crippen molar-refractivity contribution in [1.82, 2.24) is 4.90 Å². The summed E-state index contributed by atoms with van der Waals surface area (Å²) in [6, 6.07) is 21.4. The number of alkyl halides is 3. The molecule has 40 heavy (non-hydrogen) atoms. The maximum Gasteiger partial charge on any atom is 0.416 e. The van der Waals surface area contributed by atoms with E-state index >= 15 is 0 Å². The Morgan fingerprint density at radius 1 is 0.775 bits per heavy atom. The highest BCUT2D eigenvalue weighted by atomic mass is 19.4. The average Bonchev–Trinajstić information content (AvgIpc) is 2.97. The second-order valence-corrected chi connectivity index (χ2v) is 10.9. The van der Waals surface area contributed by atoms with Crippen molar-refractivity contribution in [1.29, 1.82) is 0 Å². The van der Waals surface area contributed by atoms with Crippen LogP contribution in [-0.2, 0) is 23.1 Å². The van der Waals surface area contributed by atoms with E-state index < -0.39 is 11.7 Å². The van der Waals surface area contributed by atoms with Gasteiger partial charge < -0.3 is 19.1 Å². The minimum Gasteiger partial charge on any atom is -0.489 e. The van der Waals surface area contributed by atoms with Gasteiger partial charge in [0.05, 0.1) is 12.2 Å². The minimum absolute atomic E-state index is 0.134. The van der Waals surface area contributed by atoms with Gasteiger partial charge >= 0.3 is 6.18 Å². The van der Waals surface area contributed by atoms with Crippen molar-refractivity contribution in [2.45, 2.75) is 57.7 Å². The average molecular weight is 555 g/mol. The van der Waals surface area contributed by atoms with E-state index in [0.29, 0.717) is 11.3 Å². The fourth-order valence-corrected chi connectivity index (χ4v) is 5.31. The molecule has 2 aliphatic heterocycles. The third-order valence-electron chi connectivity index (χ3n) is 7.93. The van der Waals surface area contributed by atoms with E-state index in [2.05, 4.69) is 47.9 Å². The highest BCUT2D eigenvalue weighted by molar-refractivity contribution is 5.49. The number of piperazine rings is 1. The summed E-state index contributed by atoms with van der Waals surface area (Å²) in [5.74, 6) is 1.54. The third-order valence-corrected chi connectivity index (χ3v) is 7.93. The van der Waals surface area contributed by atoms with Gasteiger partial charge in [0.2, 0.25) is 0 Å². The summed E-state index contributed by atoms with van der Waals surface area (Å²) in [7, 11) is 0. The molecule has 2 saturated heterocycles. The molecule has 3 aromatic rings. The molecule has 3 aromatic carbocycles. The smallest absolute Gasteiger partial charge is 0.416 e. The van der Waals surface area contributed by atoms with Crippen LogP contribution in [-0.4, -0.2) is 44.0 Å². The van der Waals surface area contributed by atoms with Crippen molar-refractivity contribution < 1.29 is 27.4 Å². The highest BCUT2D eigenvalue weighted by Crippen LogP contribution is 2.32. The molecule has 0 saturated carbocycles. The monoisotopic (exact) mass is 554 g/mol. The Morgan fingerprint density at radius 3 is 2.00 bits per heavy atom. The molecule has 0 radical (unpaired) electrons. The Balaban J connectivity index is 1.11. The molecule has 0 N–H and O–H groups in total. The van der Waals surface area contributed by atoms with E-state index in [1.807, 2.05) is 24.3 Å². The Kier molecular flexibility index (Phi) is 8.57. The Morgan fingerprint density at radius 2 is 1.40 bits per heavy atom. The predicted molar refractivity (Wildman–Crippen MR) is 150 cm³/mol. The van der Waals surface area contributed by atoms with Crippen LogP contribution < -0.4 is 14.4 Å². The number of hydrogen-bond donors (Lipinski definition) is 0. The summed E-state index contributed by atoms with van der Waals surface area (Å²) in [6.45, 7) is 9.20. The van der Waals surface area contributed by atoms with E-state index in [1.165, 1.54) is 23.4 Å². The van der Waals surface area contributed by atoms with Crippen molar-refractivity contribution in [2.24, 2.45) is 0 Å². The van der Waals surface area contributed by atoms with E-state index in [4.69, 9.17) is 14.2 Å². The lowest BCUT2D eigenvalue weighted by atomic mass is 9.91. The maximum absolute atomic E-state index is 12.8. The minimum atomic E-state index is -4.33. The quantitative estimate of drug-likeness (QED) is 0.293. The second-order valence-electron chi connectivity index (χ2n) is 10.9. The summed E-state index contributed by atoms with van der Waals surface area (Å²) < 4.78 is 55.8. The zero-order chi connectivity index (χ0) is 28.2. The Labute approximate surface area is 234 Å². The van der Waals surface area contributed by atoms with Gasteiger partial charge in [0.1, 0.15) is 18.1 Å². The number of anilines is 1. The fourth-order valence-electron chi connectivity index (χ4n) is 5.31. The van der Waals surface area contributed by atoms with Gasteiger partial charge in [-0.1, -0.05) is 24.3 Å². The summed E-state index contributed by atoms with van der Waals surface area (Å²) in [5, 5.41) is 0. The van der Waals surface area contributed by atoms with E-state index in [9.17, 15) is 13.2 Å². The lowest BCUT2D eigenvalue weighted by molar-refractivity contribution is -0.137. The van der Waals surface area contributed by atoms with Crippen LogP contribution in [0.2, 0.25) is 0 Å². The van der Waals surface area contributed by atoms with Crippen LogP contribution in [0, 0.1) is 0 Å². The molecule has 5 rings (SSSR count). The standard InChI is InChI=1S/C32H37F3N2O3/c1-31(2,25-10-14-28(15-11-25)39-23-24-6-8-26(9-7-24)32(33,34)35)37-20-18-36(19-21-37)27-12-16-29(17-13-27)40-30-5-3-4-22-38-30/h6-17,30H,3-5,18-23H2,1-2H3. The zero-order valence-electron chi connectivity index (χ0n) is 23.1. The van der Waals surface area contributed by atoms with Crippen molar-refractivity contribution >= 4 is 5.69 Å². The molecule has 2 aliphatic rings. The lowest BCUT2D eigenvalue weighted by Crippen LogP contribution is -2.53. The molecule has 1 unspecified atom stereocenters. The SMILES string of the molecule is CC(C)(c1ccc(OCc2ccc(C(F)(F)F)cc2)cc1)N1CCN(c2ccc(OC3CCCCO3)cc2)CC1. The first-order valence-electron chi connectivity index (χ1n) is 14.0. The largest absolute Gasteiger partial charge is 0.489 e. The van der Waals surface area contributed by atoms with E-state index in [0.717, 1.165) is 69.9 Å². The number of rotatable bonds is 8. The summed E-state index contributed by atoms with van der Waals surface area (Å²) in [5.41, 5.74) is 2.26. The van der Waals surface area contributed by atoms with Crippen molar-refractivity contribution in [3.63, 3.8) is 0 Å². The molecule has 0 aromatic heterocycles. The van der Waals surface area contributed by atoms with Gasteiger partial charge in [-0.25, -0.2) is 0 Å². The lowest BCUT2D eigenvalue weighted by Gasteiger charge is -2.45. The van der Waals surface area contributed by atoms with Crippen LogP contribution in [0.1, 0.15) is 49.8 Å². The molecule has 0 bridgehead atoms. The molecule has 0 spiro atoms. The van der Waals surface area contributed by atoms with Gasteiger partial charge in [-0.2, -0.15) is 13.2 Å². The summed E-state index contributed by atoms with van der Waals surface area (Å²) in [4.78, 5) is 4.91. The maximum atomic E-state index is 12.8. The molecule has 214 valence electrons. The van der Waals surface area contributed by atoms with Gasteiger partial charge in [-0.15, -0.1) is 0 Å². The van der Waals surface area contributed by atoms with Gasteiger partial charge in [0.15, 0.2) is 6.29 Å². The normalized spacial score (nSPS) is 18.9. The number of benzene rings is 3. The third kappa shape index (κ3) is 6.91. The van der Waals surface area contributed by atoms with Gasteiger partial charge in [0, 0.05) is 43.8 Å². The van der Waals surface area contributed by atoms with Crippen LogP contribution in [0.3, 0.4) is 0 Å². The number of ether oxygens (including phenoxy) is 3. The Bertz CT molecular complexity index is 1210. The molecule has 1 atom stereocenters. The van der Waals surface area contributed by atoms with Crippen LogP contribution in [0.5, 0.6) is 11.5 Å². The molecular formula is C32H37F3N2O3. The topological polar surface area (TPSA) is 34.2 Å². The molecule has 5 nitrogen and oxygen atoms in total. The number of halogens is 3. The second kappa shape index (κ2) is 12.1. The Hall–Kier alpha value is -3.23. The molecule has 0 aliphatic carbocycles. The summed E-state index contributed by atoms with van der Waals surface area (Å²) in [6.07, 6.45) is -1.27. The first-order chi connectivity index (χ1) is 19.2. The molecule has 2 heterocycles. The highest BCUT2D eigenvalue weighted by Gasteiger charge is 2.32. The molecule has 8 heteroatoms. The molecular weight excluding hydrogens is 517 g/mol. The van der Waals surface area contributed by atoms with Gasteiger partial charge in [-0.05, 0) is 86.3 Å². The van der Waals surface area contributed by atoms with Gasteiger partial charge in [0.25, 0.3) is 0 Å². The summed E-state index contributed by atoms with van der Waals surface area (Å²) >= 11 is 0. The van der Waals surface area contributed by atoms with E-state index in [-0.39, 0.29) is 18.4 Å². The number of hydrogen-bond acceptors (Lipinski definition) is 5. The molecule has 2 fully saturated rings. The predicted octanol–water partition coefficient (Wildman–Crippen LogP) is 7.25. The number of nitrogens with zero attached hydrogens (tertiary/aromatic N) is 2. The van der Waals surface area contributed by atoms with Crippen molar-refractivity contribution in [2.75, 3.05) is 37.7 Å². The first-order valence-corrected chi connectivity index (χ1v) is 14.0. The molecule has 0 amide bonds. The first kappa shape index (κ1) is 28.3. The van der Waals surface area contributed by atoms with Gasteiger partial charge in [-0.3, -0.25) is 4.90 Å². The van der Waals surface area contributed by atoms with Crippen LogP contribution in [0.4, 0.5) is 18.9 Å². The van der Waals surface area contributed by atoms with Crippen LogP contribution >= 0.6 is 0 Å². The van der Waals surface area contributed by atoms with Crippen molar-refractivity contribution in [3.05, 3.63) is 89.5 Å².